The molecule has 4 nitrogen and oxygen atoms in total. The molecule has 1 rings (SSSR count). The maximum Gasteiger partial charge on any atom is 0.115 e. The van der Waals surface area contributed by atoms with Crippen LogP contribution in [0.4, 0.5) is 0 Å². The molecule has 0 aliphatic carbocycles. The van der Waals surface area contributed by atoms with Crippen LogP contribution in [0.2, 0.25) is 0 Å². The molecule has 5 heteroatoms. The lowest BCUT2D eigenvalue weighted by Crippen LogP contribution is -2.51. The molecule has 0 bridgehead atoms. The second-order valence-corrected chi connectivity index (χ2v) is 2.75. The third-order valence-corrected chi connectivity index (χ3v) is 1.93. The fourth-order valence-electron chi connectivity index (χ4n) is 0.892. The lowest BCUT2D eigenvalue weighted by Gasteiger charge is -2.33. The molecular formula is C6H10ClO4. The number of aliphatic hydroxyl groups excluding tert-OH is 3. The van der Waals surface area contributed by atoms with Gasteiger partial charge in [-0.25, -0.2) is 0 Å². The van der Waals surface area contributed by atoms with Crippen molar-refractivity contribution in [1.29, 1.82) is 0 Å². The number of hydrogen-bond acceptors (Lipinski definition) is 4. The summed E-state index contributed by atoms with van der Waals surface area (Å²) in [5.41, 5.74) is 0. The van der Waals surface area contributed by atoms with E-state index in [1.54, 1.807) is 0 Å². The summed E-state index contributed by atoms with van der Waals surface area (Å²) >= 11 is 5.39. The summed E-state index contributed by atoms with van der Waals surface area (Å²) < 4.78 is 4.81. The lowest BCUT2D eigenvalue weighted by atomic mass is 10.0. The molecule has 0 aromatic heterocycles. The first-order valence-electron chi connectivity index (χ1n) is 3.25. The Kier molecular flexibility index (Phi) is 3.09. The Hall–Kier alpha value is 0.130. The SMILES string of the molecule is O[C@@H]1[C@H](O)[C@@H](O)[CH]O[C@@H]1CCl. The Morgan fingerprint density at radius 2 is 1.91 bits per heavy atom. The van der Waals surface area contributed by atoms with Crippen molar-refractivity contribution >= 4 is 11.6 Å². The van der Waals surface area contributed by atoms with Gasteiger partial charge < -0.3 is 20.1 Å². The maximum atomic E-state index is 9.17. The Bertz CT molecular complexity index is 130. The highest BCUT2D eigenvalue weighted by Crippen LogP contribution is 2.18. The topological polar surface area (TPSA) is 69.9 Å². The Balaban J connectivity index is 2.52. The molecule has 0 saturated carbocycles. The van der Waals surface area contributed by atoms with E-state index in [2.05, 4.69) is 0 Å². The predicted octanol–water partition coefficient (Wildman–Crippen LogP) is -1.13. The Morgan fingerprint density at radius 3 is 2.45 bits per heavy atom. The number of rotatable bonds is 1. The van der Waals surface area contributed by atoms with Crippen molar-refractivity contribution in [1.82, 2.24) is 0 Å². The van der Waals surface area contributed by atoms with E-state index in [4.69, 9.17) is 31.7 Å². The molecule has 1 saturated heterocycles. The fourth-order valence-corrected chi connectivity index (χ4v) is 1.15. The van der Waals surface area contributed by atoms with Crippen LogP contribution < -0.4 is 0 Å². The molecule has 1 aliphatic heterocycles. The molecule has 0 amide bonds. The van der Waals surface area contributed by atoms with E-state index in [9.17, 15) is 0 Å². The molecule has 1 radical (unpaired) electrons. The van der Waals surface area contributed by atoms with Crippen molar-refractivity contribution < 1.29 is 20.1 Å². The molecule has 1 heterocycles. The first-order chi connectivity index (χ1) is 5.16. The van der Waals surface area contributed by atoms with E-state index in [-0.39, 0.29) is 5.88 Å². The zero-order chi connectivity index (χ0) is 8.43. The third-order valence-electron chi connectivity index (χ3n) is 1.63. The molecular weight excluding hydrogens is 172 g/mol. The highest BCUT2D eigenvalue weighted by atomic mass is 35.5. The van der Waals surface area contributed by atoms with E-state index < -0.39 is 24.4 Å². The van der Waals surface area contributed by atoms with E-state index in [0.29, 0.717) is 0 Å². The largest absolute Gasteiger partial charge is 0.388 e. The summed E-state index contributed by atoms with van der Waals surface area (Å²) in [7, 11) is 0. The van der Waals surface area contributed by atoms with Crippen molar-refractivity contribution in [2.24, 2.45) is 0 Å². The number of ether oxygens (including phenoxy) is 1. The average Bonchev–Trinajstić information content (AvgIpc) is 2.01. The second kappa shape index (κ2) is 3.69. The van der Waals surface area contributed by atoms with Gasteiger partial charge in [0.05, 0.1) is 5.88 Å². The van der Waals surface area contributed by atoms with Crippen LogP contribution in [-0.2, 0) is 4.74 Å². The summed E-state index contributed by atoms with van der Waals surface area (Å²) in [4.78, 5) is 0. The molecule has 0 unspecified atom stereocenters. The van der Waals surface area contributed by atoms with Crippen LogP contribution in [0.1, 0.15) is 0 Å². The monoisotopic (exact) mass is 181 g/mol. The molecule has 11 heavy (non-hydrogen) atoms. The Labute approximate surface area is 69.4 Å². The van der Waals surface area contributed by atoms with Gasteiger partial charge in [0.15, 0.2) is 0 Å². The minimum absolute atomic E-state index is 0.0848. The normalized spacial score (nSPS) is 45.8. The molecule has 3 N–H and O–H groups in total. The summed E-state index contributed by atoms with van der Waals surface area (Å²) in [6.45, 7) is 1.07. The third kappa shape index (κ3) is 1.83. The van der Waals surface area contributed by atoms with Crippen molar-refractivity contribution in [2.75, 3.05) is 5.88 Å². The molecule has 1 aliphatic rings. The van der Waals surface area contributed by atoms with Crippen molar-refractivity contribution in [3.63, 3.8) is 0 Å². The van der Waals surface area contributed by atoms with E-state index in [0.717, 1.165) is 6.61 Å². The summed E-state index contributed by atoms with van der Waals surface area (Å²) in [5.74, 6) is 0.0848. The lowest BCUT2D eigenvalue weighted by molar-refractivity contribution is -0.153. The molecule has 0 aromatic rings. The van der Waals surface area contributed by atoms with Gasteiger partial charge in [-0.2, -0.15) is 0 Å². The highest BCUT2D eigenvalue weighted by molar-refractivity contribution is 6.18. The van der Waals surface area contributed by atoms with Gasteiger partial charge >= 0.3 is 0 Å². The zero-order valence-corrected chi connectivity index (χ0v) is 6.48. The highest BCUT2D eigenvalue weighted by Gasteiger charge is 2.37. The van der Waals surface area contributed by atoms with Crippen molar-refractivity contribution in [3.8, 4) is 0 Å². The minimum atomic E-state index is -1.20. The van der Waals surface area contributed by atoms with Crippen LogP contribution in [0, 0.1) is 6.61 Å². The van der Waals surface area contributed by atoms with Gasteiger partial charge in [-0.3, -0.25) is 0 Å². The van der Waals surface area contributed by atoms with Gasteiger partial charge in [0.2, 0.25) is 0 Å². The van der Waals surface area contributed by atoms with Crippen LogP contribution >= 0.6 is 11.6 Å². The first kappa shape index (κ1) is 9.22. The predicted molar refractivity (Wildman–Crippen MR) is 37.9 cm³/mol. The van der Waals surface area contributed by atoms with Crippen LogP contribution in [0.3, 0.4) is 0 Å². The van der Waals surface area contributed by atoms with Gasteiger partial charge in [-0.05, 0) is 0 Å². The smallest absolute Gasteiger partial charge is 0.115 e. The number of aliphatic hydroxyl groups is 3. The van der Waals surface area contributed by atoms with E-state index in [1.807, 2.05) is 0 Å². The fraction of sp³-hybridized carbons (Fsp3) is 0.833. The average molecular weight is 182 g/mol. The van der Waals surface area contributed by atoms with E-state index in [1.165, 1.54) is 0 Å². The summed E-state index contributed by atoms with van der Waals surface area (Å²) in [6.07, 6.45) is -4.08. The van der Waals surface area contributed by atoms with Gasteiger partial charge in [0.25, 0.3) is 0 Å². The van der Waals surface area contributed by atoms with Crippen molar-refractivity contribution in [3.05, 3.63) is 6.61 Å². The minimum Gasteiger partial charge on any atom is -0.388 e. The summed E-state index contributed by atoms with van der Waals surface area (Å²) in [6, 6.07) is 0. The van der Waals surface area contributed by atoms with Crippen LogP contribution in [0.15, 0.2) is 0 Å². The standard InChI is InChI=1S/C6H10ClO4/c7-1-4-6(10)5(9)3(8)2-11-4/h2-6,8-10H,1H2/t3-,4+,5+,6-/m0/s1. The molecule has 4 atom stereocenters. The molecule has 0 aromatic carbocycles. The first-order valence-corrected chi connectivity index (χ1v) is 3.79. The maximum absolute atomic E-state index is 9.17. The van der Waals surface area contributed by atoms with Crippen molar-refractivity contribution in [2.45, 2.75) is 24.4 Å². The van der Waals surface area contributed by atoms with Gasteiger partial charge in [-0.15, -0.1) is 11.6 Å². The van der Waals surface area contributed by atoms with Gasteiger partial charge in [0.1, 0.15) is 31.0 Å². The quantitative estimate of drug-likeness (QED) is 0.448. The van der Waals surface area contributed by atoms with E-state index >= 15 is 0 Å². The van der Waals surface area contributed by atoms with Crippen LogP contribution in [-0.4, -0.2) is 45.6 Å². The van der Waals surface area contributed by atoms with Crippen LogP contribution in [0.5, 0.6) is 0 Å². The molecule has 65 valence electrons. The Morgan fingerprint density at radius 1 is 1.27 bits per heavy atom. The number of halogens is 1. The zero-order valence-electron chi connectivity index (χ0n) is 5.72. The molecule has 0 spiro atoms. The summed E-state index contributed by atoms with van der Waals surface area (Å²) in [5, 5.41) is 27.2. The molecule has 1 fully saturated rings. The number of hydrogen-bond donors (Lipinski definition) is 3. The van der Waals surface area contributed by atoms with Gasteiger partial charge in [0, 0.05) is 0 Å². The second-order valence-electron chi connectivity index (χ2n) is 2.44. The van der Waals surface area contributed by atoms with Crippen LogP contribution in [0.25, 0.3) is 0 Å². The number of alkyl halides is 1. The van der Waals surface area contributed by atoms with Gasteiger partial charge in [-0.1, -0.05) is 0 Å².